The van der Waals surface area contributed by atoms with Gasteiger partial charge in [-0.05, 0) is 38.1 Å². The number of oxazole rings is 1. The smallest absolute Gasteiger partial charge is 0.408 e. The minimum absolute atomic E-state index is 0.0745. The number of hydrogen-bond acceptors (Lipinski definition) is 5. The van der Waals surface area contributed by atoms with Gasteiger partial charge in [-0.15, -0.1) is 0 Å². The highest BCUT2D eigenvalue weighted by Crippen LogP contribution is 2.23. The second kappa shape index (κ2) is 7.73. The van der Waals surface area contributed by atoms with Crippen LogP contribution in [0.15, 0.2) is 56.6 Å². The fourth-order valence-electron chi connectivity index (χ4n) is 3.75. The number of fused-ring (bicyclic) bond motifs is 1. The molecule has 2 heterocycles. The number of carbonyl (C=O) groups is 1. The standard InChI is InChI=1S/C21H23N3O5S/c1-3-24-18-8-7-17(14-19(18)29-21(24)26)30(27,28)23-11-9-22(10-12-23)20(25)16-6-4-5-15(2)13-16/h4-8,13-14H,3,9-12H2,1-2H3. The van der Waals surface area contributed by atoms with E-state index in [1.807, 2.05) is 32.0 Å². The number of aryl methyl sites for hydroxylation is 2. The third-order valence-electron chi connectivity index (χ3n) is 5.38. The molecule has 1 aliphatic heterocycles. The van der Waals surface area contributed by atoms with Gasteiger partial charge in [-0.3, -0.25) is 9.36 Å². The van der Waals surface area contributed by atoms with Crippen LogP contribution in [-0.4, -0.2) is 54.3 Å². The molecule has 30 heavy (non-hydrogen) atoms. The predicted molar refractivity (Wildman–Crippen MR) is 112 cm³/mol. The molecule has 1 fully saturated rings. The molecular formula is C21H23N3O5S. The first-order valence-corrected chi connectivity index (χ1v) is 11.2. The van der Waals surface area contributed by atoms with Crippen molar-refractivity contribution in [2.45, 2.75) is 25.3 Å². The molecule has 0 saturated carbocycles. The van der Waals surface area contributed by atoms with Crippen molar-refractivity contribution in [3.05, 3.63) is 64.1 Å². The average Bonchev–Trinajstić information content (AvgIpc) is 3.07. The first-order chi connectivity index (χ1) is 14.3. The Bertz CT molecular complexity index is 1270. The van der Waals surface area contributed by atoms with Crippen LogP contribution in [0.5, 0.6) is 0 Å². The molecule has 0 spiro atoms. The summed E-state index contributed by atoms with van der Waals surface area (Å²) in [6.45, 7) is 5.23. The summed E-state index contributed by atoms with van der Waals surface area (Å²) < 4.78 is 34.2. The van der Waals surface area contributed by atoms with Crippen molar-refractivity contribution in [1.82, 2.24) is 13.8 Å². The highest BCUT2D eigenvalue weighted by Gasteiger charge is 2.31. The van der Waals surface area contributed by atoms with Crippen LogP contribution in [0.1, 0.15) is 22.8 Å². The number of benzene rings is 2. The first kappa shape index (κ1) is 20.4. The van der Waals surface area contributed by atoms with Gasteiger partial charge in [0.1, 0.15) is 0 Å². The Kier molecular flexibility index (Phi) is 5.25. The lowest BCUT2D eigenvalue weighted by Gasteiger charge is -2.34. The number of sulfonamides is 1. The Labute approximate surface area is 174 Å². The van der Waals surface area contributed by atoms with Gasteiger partial charge in [0.25, 0.3) is 5.91 Å². The van der Waals surface area contributed by atoms with E-state index in [9.17, 15) is 18.0 Å². The van der Waals surface area contributed by atoms with Crippen LogP contribution < -0.4 is 5.76 Å². The fraction of sp³-hybridized carbons (Fsp3) is 0.333. The lowest BCUT2D eigenvalue weighted by atomic mass is 10.1. The minimum atomic E-state index is -3.76. The maximum Gasteiger partial charge on any atom is 0.419 e. The van der Waals surface area contributed by atoms with Crippen molar-refractivity contribution < 1.29 is 17.6 Å². The molecule has 8 nitrogen and oxygen atoms in total. The highest BCUT2D eigenvalue weighted by molar-refractivity contribution is 7.89. The van der Waals surface area contributed by atoms with Gasteiger partial charge >= 0.3 is 5.76 Å². The van der Waals surface area contributed by atoms with Crippen LogP contribution in [0.3, 0.4) is 0 Å². The third-order valence-corrected chi connectivity index (χ3v) is 7.28. The summed E-state index contributed by atoms with van der Waals surface area (Å²) >= 11 is 0. The van der Waals surface area contributed by atoms with Crippen molar-refractivity contribution in [1.29, 1.82) is 0 Å². The number of rotatable bonds is 4. The third kappa shape index (κ3) is 3.54. The maximum atomic E-state index is 13.1. The number of nitrogens with zero attached hydrogens (tertiary/aromatic N) is 3. The molecule has 1 aliphatic rings. The molecule has 1 aromatic heterocycles. The zero-order valence-electron chi connectivity index (χ0n) is 16.9. The van der Waals surface area contributed by atoms with E-state index in [0.29, 0.717) is 30.7 Å². The van der Waals surface area contributed by atoms with Crippen molar-refractivity contribution in [2.75, 3.05) is 26.2 Å². The zero-order chi connectivity index (χ0) is 21.5. The number of amides is 1. The molecule has 4 rings (SSSR count). The molecule has 0 bridgehead atoms. The summed E-state index contributed by atoms with van der Waals surface area (Å²) in [5.41, 5.74) is 2.42. The summed E-state index contributed by atoms with van der Waals surface area (Å²) in [7, 11) is -3.76. The predicted octanol–water partition coefficient (Wildman–Crippen LogP) is 2.07. The minimum Gasteiger partial charge on any atom is -0.408 e. The second-order valence-corrected chi connectivity index (χ2v) is 9.25. The SMILES string of the molecule is CCn1c(=O)oc2cc(S(=O)(=O)N3CCN(C(=O)c4cccc(C)c4)CC3)ccc21. The van der Waals surface area contributed by atoms with Crippen molar-refractivity contribution in [3.8, 4) is 0 Å². The van der Waals surface area contributed by atoms with Crippen LogP contribution in [-0.2, 0) is 16.6 Å². The van der Waals surface area contributed by atoms with Crippen molar-refractivity contribution >= 4 is 27.0 Å². The second-order valence-electron chi connectivity index (χ2n) is 7.31. The van der Waals surface area contributed by atoms with Crippen LogP contribution in [0.25, 0.3) is 11.1 Å². The molecule has 2 aromatic carbocycles. The van der Waals surface area contributed by atoms with Gasteiger partial charge in [0.05, 0.1) is 10.4 Å². The zero-order valence-corrected chi connectivity index (χ0v) is 17.7. The van der Waals surface area contributed by atoms with Crippen molar-refractivity contribution in [2.24, 2.45) is 0 Å². The summed E-state index contributed by atoms with van der Waals surface area (Å²) in [6, 6.07) is 11.8. The van der Waals surface area contributed by atoms with Gasteiger partial charge in [-0.1, -0.05) is 17.7 Å². The quantitative estimate of drug-likeness (QED) is 0.633. The van der Waals surface area contributed by atoms with Gasteiger partial charge in [0.15, 0.2) is 5.58 Å². The molecule has 0 unspecified atom stereocenters. The number of carbonyl (C=O) groups excluding carboxylic acids is 1. The van der Waals surface area contributed by atoms with E-state index in [1.165, 1.54) is 21.0 Å². The molecule has 0 radical (unpaired) electrons. The van der Waals surface area contributed by atoms with Gasteiger partial charge in [-0.25, -0.2) is 13.2 Å². The Morgan fingerprint density at radius 3 is 2.47 bits per heavy atom. The van der Waals surface area contributed by atoms with Gasteiger partial charge in [0, 0.05) is 44.4 Å². The maximum absolute atomic E-state index is 13.1. The Morgan fingerprint density at radius 2 is 1.80 bits per heavy atom. The molecule has 0 aliphatic carbocycles. The van der Waals surface area contributed by atoms with Crippen LogP contribution in [0.2, 0.25) is 0 Å². The topological polar surface area (TPSA) is 92.8 Å². The number of hydrogen-bond donors (Lipinski definition) is 0. The van der Waals surface area contributed by atoms with E-state index in [1.54, 1.807) is 17.0 Å². The molecule has 1 amide bonds. The Hall–Kier alpha value is -2.91. The molecular weight excluding hydrogens is 406 g/mol. The Balaban J connectivity index is 1.52. The lowest BCUT2D eigenvalue weighted by molar-refractivity contribution is 0.0698. The molecule has 158 valence electrons. The summed E-state index contributed by atoms with van der Waals surface area (Å²) in [6.07, 6.45) is 0. The normalized spacial score (nSPS) is 15.6. The monoisotopic (exact) mass is 429 g/mol. The molecule has 0 N–H and O–H groups in total. The first-order valence-electron chi connectivity index (χ1n) is 9.80. The molecule has 9 heteroatoms. The van der Waals surface area contributed by atoms with E-state index in [2.05, 4.69) is 0 Å². The summed E-state index contributed by atoms with van der Waals surface area (Å²) in [5.74, 6) is -0.606. The Morgan fingerprint density at radius 1 is 1.07 bits per heavy atom. The molecule has 1 saturated heterocycles. The molecule has 0 atom stereocenters. The van der Waals surface area contributed by atoms with E-state index in [-0.39, 0.29) is 29.5 Å². The van der Waals surface area contributed by atoms with Gasteiger partial charge in [-0.2, -0.15) is 4.31 Å². The molecule has 3 aromatic rings. The highest BCUT2D eigenvalue weighted by atomic mass is 32.2. The van der Waals surface area contributed by atoms with E-state index in [4.69, 9.17) is 4.42 Å². The average molecular weight is 429 g/mol. The van der Waals surface area contributed by atoms with Gasteiger partial charge < -0.3 is 9.32 Å². The van der Waals surface area contributed by atoms with Crippen LogP contribution >= 0.6 is 0 Å². The number of piperazine rings is 1. The fourth-order valence-corrected chi connectivity index (χ4v) is 5.19. The van der Waals surface area contributed by atoms with Crippen LogP contribution in [0, 0.1) is 6.92 Å². The number of aromatic nitrogens is 1. The van der Waals surface area contributed by atoms with Gasteiger partial charge in [0.2, 0.25) is 10.0 Å². The van der Waals surface area contributed by atoms with E-state index < -0.39 is 15.8 Å². The van der Waals surface area contributed by atoms with Crippen molar-refractivity contribution in [3.63, 3.8) is 0 Å². The summed E-state index contributed by atoms with van der Waals surface area (Å²) in [4.78, 5) is 26.3. The lowest BCUT2D eigenvalue weighted by Crippen LogP contribution is -2.50. The van der Waals surface area contributed by atoms with Crippen LogP contribution in [0.4, 0.5) is 0 Å². The largest absolute Gasteiger partial charge is 0.419 e. The summed E-state index contributed by atoms with van der Waals surface area (Å²) in [5, 5.41) is 0. The van der Waals surface area contributed by atoms with E-state index >= 15 is 0 Å². The van der Waals surface area contributed by atoms with E-state index in [0.717, 1.165) is 5.56 Å².